The van der Waals surface area contributed by atoms with Crippen molar-refractivity contribution in [1.82, 2.24) is 5.32 Å². The van der Waals surface area contributed by atoms with Gasteiger partial charge in [-0.3, -0.25) is 10.1 Å². The van der Waals surface area contributed by atoms with Gasteiger partial charge in [0, 0.05) is 4.47 Å². The standard InChI is InChI=1S/C17H24BrN3O2.ClH.H2O/c1-23-15-10-9-12(18)11-14(15)16(22)21-17(19)20-13-7-5-3-2-4-6-8-13;;/h9-11,13H,2-8H2,1H3,(H3,19,20,21,22);1H;1H2. The van der Waals surface area contributed by atoms with Crippen molar-refractivity contribution >= 4 is 40.2 Å². The fraction of sp³-hybridized carbons (Fsp3) is 0.529. The van der Waals surface area contributed by atoms with Crippen LogP contribution in [0.2, 0.25) is 0 Å². The van der Waals surface area contributed by atoms with Gasteiger partial charge in [-0.25, -0.2) is 4.99 Å². The summed E-state index contributed by atoms with van der Waals surface area (Å²) in [5, 5.41) is 2.67. The molecular formula is C17H27BrClN3O3. The van der Waals surface area contributed by atoms with Gasteiger partial charge in [-0.05, 0) is 31.0 Å². The number of hydrogen-bond acceptors (Lipinski definition) is 3. The molecule has 5 N–H and O–H groups in total. The van der Waals surface area contributed by atoms with Crippen LogP contribution >= 0.6 is 28.3 Å². The molecule has 0 unspecified atom stereocenters. The minimum atomic E-state index is -0.310. The Morgan fingerprint density at radius 1 is 1.24 bits per heavy atom. The van der Waals surface area contributed by atoms with Gasteiger partial charge in [0.15, 0.2) is 5.96 Å². The van der Waals surface area contributed by atoms with E-state index < -0.39 is 0 Å². The monoisotopic (exact) mass is 435 g/mol. The maximum absolute atomic E-state index is 12.4. The molecule has 0 aliphatic heterocycles. The number of nitrogens with two attached hydrogens (primary N) is 1. The number of guanidine groups is 1. The van der Waals surface area contributed by atoms with Crippen molar-refractivity contribution in [2.45, 2.75) is 51.0 Å². The third-order valence-corrected chi connectivity index (χ3v) is 4.54. The quantitative estimate of drug-likeness (QED) is 0.561. The molecule has 0 bridgehead atoms. The van der Waals surface area contributed by atoms with E-state index in [9.17, 15) is 4.79 Å². The van der Waals surface area contributed by atoms with E-state index in [2.05, 4.69) is 26.2 Å². The zero-order valence-electron chi connectivity index (χ0n) is 14.4. The molecule has 6 nitrogen and oxygen atoms in total. The molecule has 1 aromatic rings. The zero-order valence-corrected chi connectivity index (χ0v) is 16.8. The number of halogens is 2. The maximum Gasteiger partial charge on any atom is 0.261 e. The molecule has 0 atom stereocenters. The summed E-state index contributed by atoms with van der Waals surface area (Å²) >= 11 is 3.36. The molecule has 1 fully saturated rings. The van der Waals surface area contributed by atoms with Crippen molar-refractivity contribution in [2.75, 3.05) is 7.11 Å². The smallest absolute Gasteiger partial charge is 0.261 e. The number of methoxy groups -OCH3 is 1. The summed E-state index contributed by atoms with van der Waals surface area (Å²) in [4.78, 5) is 16.9. The lowest BCUT2D eigenvalue weighted by Gasteiger charge is -2.17. The summed E-state index contributed by atoms with van der Waals surface area (Å²) in [7, 11) is 1.53. The maximum atomic E-state index is 12.4. The Bertz CT molecular complexity index is 576. The Hall–Kier alpha value is -1.31. The van der Waals surface area contributed by atoms with E-state index in [4.69, 9.17) is 10.5 Å². The van der Waals surface area contributed by atoms with Gasteiger partial charge in [-0.1, -0.05) is 48.0 Å². The highest BCUT2D eigenvalue weighted by Gasteiger charge is 2.15. The average molecular weight is 437 g/mol. The Kier molecular flexibility index (Phi) is 11.5. The first-order valence-electron chi connectivity index (χ1n) is 8.08. The molecule has 0 radical (unpaired) electrons. The van der Waals surface area contributed by atoms with Crippen molar-refractivity contribution in [3.8, 4) is 5.75 Å². The van der Waals surface area contributed by atoms with Crippen LogP contribution in [0.4, 0.5) is 0 Å². The molecule has 0 spiro atoms. The minimum Gasteiger partial charge on any atom is -0.496 e. The largest absolute Gasteiger partial charge is 0.496 e. The third-order valence-electron chi connectivity index (χ3n) is 4.04. The Balaban J connectivity index is 0.00000288. The topological polar surface area (TPSA) is 108 Å². The van der Waals surface area contributed by atoms with Crippen molar-refractivity contribution in [3.63, 3.8) is 0 Å². The van der Waals surface area contributed by atoms with Crippen LogP contribution in [0.3, 0.4) is 0 Å². The number of ether oxygens (including phenoxy) is 1. The molecule has 1 aromatic carbocycles. The van der Waals surface area contributed by atoms with Crippen molar-refractivity contribution < 1.29 is 15.0 Å². The van der Waals surface area contributed by atoms with Gasteiger partial charge in [0.2, 0.25) is 0 Å². The van der Waals surface area contributed by atoms with Crippen LogP contribution in [-0.4, -0.2) is 30.5 Å². The van der Waals surface area contributed by atoms with Crippen molar-refractivity contribution in [1.29, 1.82) is 0 Å². The lowest BCUT2D eigenvalue weighted by Crippen LogP contribution is -2.38. The van der Waals surface area contributed by atoms with Crippen LogP contribution in [-0.2, 0) is 0 Å². The van der Waals surface area contributed by atoms with Crippen LogP contribution in [0, 0.1) is 0 Å². The van der Waals surface area contributed by atoms with E-state index >= 15 is 0 Å². The highest BCUT2D eigenvalue weighted by molar-refractivity contribution is 9.10. The van der Waals surface area contributed by atoms with E-state index in [1.54, 1.807) is 12.1 Å². The Labute approximate surface area is 163 Å². The predicted molar refractivity (Wildman–Crippen MR) is 107 cm³/mol. The molecule has 0 saturated heterocycles. The molecule has 8 heteroatoms. The summed E-state index contributed by atoms with van der Waals surface area (Å²) in [5.41, 5.74) is 6.36. The average Bonchev–Trinajstić information content (AvgIpc) is 2.49. The number of benzene rings is 1. The predicted octanol–water partition coefficient (Wildman–Crippen LogP) is 3.21. The Morgan fingerprint density at radius 2 is 1.84 bits per heavy atom. The zero-order chi connectivity index (χ0) is 16.7. The highest BCUT2D eigenvalue weighted by atomic mass is 79.9. The van der Waals surface area contributed by atoms with Crippen molar-refractivity contribution in [2.24, 2.45) is 10.7 Å². The molecular weight excluding hydrogens is 410 g/mol. The van der Waals surface area contributed by atoms with Gasteiger partial charge in [0.1, 0.15) is 5.75 Å². The SMILES string of the molecule is COc1ccc(Br)cc1C(=O)NC(N)=NC1CCCCCCC1.Cl.O. The lowest BCUT2D eigenvalue weighted by atomic mass is 9.97. The molecule has 0 aromatic heterocycles. The first-order valence-corrected chi connectivity index (χ1v) is 8.87. The number of amides is 1. The fourth-order valence-corrected chi connectivity index (χ4v) is 3.20. The van der Waals surface area contributed by atoms with Crippen LogP contribution in [0.1, 0.15) is 55.3 Å². The van der Waals surface area contributed by atoms with Gasteiger partial charge in [0.25, 0.3) is 5.91 Å². The molecule has 2 rings (SSSR count). The number of hydrogen-bond donors (Lipinski definition) is 2. The number of carbonyl (C=O) groups is 1. The molecule has 1 amide bonds. The van der Waals surface area contributed by atoms with E-state index in [0.717, 1.165) is 17.3 Å². The molecule has 142 valence electrons. The van der Waals surface area contributed by atoms with Crippen LogP contribution in [0.15, 0.2) is 27.7 Å². The van der Waals surface area contributed by atoms with Gasteiger partial charge < -0.3 is 15.9 Å². The number of aliphatic imine (C=N–C) groups is 1. The number of carbonyl (C=O) groups excluding carboxylic acids is 1. The summed E-state index contributed by atoms with van der Waals surface area (Å²) in [6.45, 7) is 0. The van der Waals surface area contributed by atoms with Crippen LogP contribution < -0.4 is 15.8 Å². The second-order valence-electron chi connectivity index (χ2n) is 5.81. The van der Waals surface area contributed by atoms with Gasteiger partial charge in [0.05, 0.1) is 18.7 Å². The van der Waals surface area contributed by atoms with Gasteiger partial charge >= 0.3 is 0 Å². The molecule has 0 heterocycles. The summed E-state index contributed by atoms with van der Waals surface area (Å²) in [6.07, 6.45) is 8.25. The van der Waals surface area contributed by atoms with Crippen LogP contribution in [0.25, 0.3) is 0 Å². The van der Waals surface area contributed by atoms with Crippen LogP contribution in [0.5, 0.6) is 5.75 Å². The Morgan fingerprint density at radius 3 is 2.44 bits per heavy atom. The second-order valence-corrected chi connectivity index (χ2v) is 6.73. The van der Waals surface area contributed by atoms with Crippen molar-refractivity contribution in [3.05, 3.63) is 28.2 Å². The molecule has 25 heavy (non-hydrogen) atoms. The summed E-state index contributed by atoms with van der Waals surface area (Å²) < 4.78 is 6.03. The van der Waals surface area contributed by atoms with E-state index in [1.165, 1.54) is 39.2 Å². The normalized spacial score (nSPS) is 15.8. The molecule has 1 aliphatic carbocycles. The summed E-state index contributed by atoms with van der Waals surface area (Å²) in [6, 6.07) is 5.47. The fourth-order valence-electron chi connectivity index (χ4n) is 2.83. The van der Waals surface area contributed by atoms with E-state index in [-0.39, 0.29) is 35.8 Å². The minimum absolute atomic E-state index is 0. The van der Waals surface area contributed by atoms with Gasteiger partial charge in [-0.2, -0.15) is 0 Å². The first-order chi connectivity index (χ1) is 11.1. The third kappa shape index (κ3) is 7.63. The van der Waals surface area contributed by atoms with E-state index in [1.807, 2.05) is 6.07 Å². The molecule has 1 saturated carbocycles. The highest BCUT2D eigenvalue weighted by Crippen LogP contribution is 2.23. The number of nitrogens with zero attached hydrogens (tertiary/aromatic N) is 1. The second kappa shape index (κ2) is 12.1. The van der Waals surface area contributed by atoms with E-state index in [0.29, 0.717) is 11.3 Å². The summed E-state index contributed by atoms with van der Waals surface area (Å²) in [5.74, 6) is 0.377. The number of rotatable bonds is 3. The first kappa shape index (κ1) is 23.7. The number of nitrogens with one attached hydrogen (secondary N) is 1. The molecule has 1 aliphatic rings. The van der Waals surface area contributed by atoms with Gasteiger partial charge in [-0.15, -0.1) is 12.4 Å². The lowest BCUT2D eigenvalue weighted by molar-refractivity contribution is 0.0973.